The molecule has 7 heterocycles. The van der Waals surface area contributed by atoms with Gasteiger partial charge in [-0.25, -0.2) is 0 Å². The van der Waals surface area contributed by atoms with E-state index in [1.807, 2.05) is 0 Å². The quantitative estimate of drug-likeness (QED) is 0.0358. The molecular formula is C50H85N3O37. The minimum Gasteiger partial charge on any atom is -0.394 e. The zero-order valence-corrected chi connectivity index (χ0v) is 48.4. The molecule has 0 saturated carbocycles. The van der Waals surface area contributed by atoms with Crippen LogP contribution in [0, 0.1) is 0 Å². The van der Waals surface area contributed by atoms with E-state index in [9.17, 15) is 117 Å². The van der Waals surface area contributed by atoms with Crippen LogP contribution in [0.3, 0.4) is 0 Å². The van der Waals surface area contributed by atoms with Crippen molar-refractivity contribution in [2.24, 2.45) is 0 Å². The van der Waals surface area contributed by atoms with Crippen molar-refractivity contribution in [1.82, 2.24) is 16.0 Å². The summed E-state index contributed by atoms with van der Waals surface area (Å²) in [4.78, 5) is 37.0. The first-order valence-corrected chi connectivity index (χ1v) is 28.7. The van der Waals surface area contributed by atoms with E-state index in [0.29, 0.717) is 0 Å². The molecule has 7 rings (SSSR count). The lowest BCUT2D eigenvalue weighted by Gasteiger charge is -2.52. The van der Waals surface area contributed by atoms with Crippen LogP contribution in [-0.2, 0) is 80.7 Å². The van der Waals surface area contributed by atoms with Gasteiger partial charge in [-0.1, -0.05) is 0 Å². The molecule has 0 radical (unpaired) electrons. The Balaban J connectivity index is 1.20. The van der Waals surface area contributed by atoms with E-state index >= 15 is 0 Å². The van der Waals surface area contributed by atoms with Crippen LogP contribution in [0.4, 0.5) is 0 Å². The average molecular weight is 1320 g/mol. The number of aliphatic hydroxyl groups is 20. The summed E-state index contributed by atoms with van der Waals surface area (Å²) in [6, 6.07) is -4.76. The Bertz CT molecular complexity index is 2220. The van der Waals surface area contributed by atoms with E-state index in [0.717, 1.165) is 13.8 Å². The summed E-state index contributed by atoms with van der Waals surface area (Å²) < 4.78 is 82.3. The van der Waals surface area contributed by atoms with E-state index in [2.05, 4.69) is 16.0 Å². The highest BCUT2D eigenvalue weighted by Gasteiger charge is 2.60. The average Bonchev–Trinajstić information content (AvgIpc) is 0.806. The number of rotatable bonds is 26. The normalized spacial score (nSPS) is 48.1. The Hall–Kier alpha value is -2.95. The smallest absolute Gasteiger partial charge is 0.217 e. The van der Waals surface area contributed by atoms with Crippen molar-refractivity contribution in [2.45, 2.75) is 242 Å². The number of aliphatic hydroxyl groups excluding tert-OH is 20. The third-order valence-electron chi connectivity index (χ3n) is 16.3. The lowest BCUT2D eigenvalue weighted by molar-refractivity contribution is -0.397. The molecule has 23 N–H and O–H groups in total. The maximum Gasteiger partial charge on any atom is 0.217 e. The number of carbonyl (C=O) groups is 3. The summed E-state index contributed by atoms with van der Waals surface area (Å²) in [6.45, 7) is -4.20. The first-order valence-electron chi connectivity index (χ1n) is 28.7. The van der Waals surface area contributed by atoms with Crippen LogP contribution in [0.25, 0.3) is 0 Å². The predicted octanol–water partition coefficient (Wildman–Crippen LogP) is -15.8. The molecule has 3 amide bonds. The van der Waals surface area contributed by atoms with Crippen molar-refractivity contribution in [3.05, 3.63) is 0 Å². The highest BCUT2D eigenvalue weighted by atomic mass is 16.8. The Morgan fingerprint density at radius 3 is 1.19 bits per heavy atom. The number of nitrogens with one attached hydrogen (secondary N) is 3. The van der Waals surface area contributed by atoms with Crippen molar-refractivity contribution < 1.29 is 183 Å². The summed E-state index contributed by atoms with van der Waals surface area (Å²) in [6.07, 6.45) is -64.7. The summed E-state index contributed by atoms with van der Waals surface area (Å²) in [5.41, 5.74) is 0. The van der Waals surface area contributed by atoms with Gasteiger partial charge in [0, 0.05) is 13.8 Å². The number of hydrogen-bond donors (Lipinski definition) is 23. The Morgan fingerprint density at radius 1 is 0.378 bits per heavy atom. The molecule has 7 aliphatic rings. The molecule has 0 aromatic carbocycles. The minimum absolute atomic E-state index is 0.261. The van der Waals surface area contributed by atoms with E-state index in [4.69, 9.17) is 66.3 Å². The SMILES string of the molecule is CC(=O)N[C@H]1[C@H](O[C@H]2[C@@H](O)[C@@H](CO)O[C@@H](O[C@H]3[C@H](O)[C@@H](O)[C@H](OC[C@@H](CO)NC=O)O[C@@H]3CO)[C@@H]2O)O[C@H](CO)[C@@H](O[C@@H]2O[C@H](CO)[C@H](O)[C@H](O[C@@H]3O[C@H](CO)[C@@H](O)[C@H](O[C@@H]4O[C@H](CO)[C@H](O)[C@H](O)[C@H]4O)[C@H]3NC(C)=O)[C@H]2O)[C@@H]1O[C@@H]1O[C@@H](C)[C@@H](O)[C@@H](O)[C@@H]1O. The van der Waals surface area contributed by atoms with Gasteiger partial charge < -0.3 is 184 Å². The van der Waals surface area contributed by atoms with Gasteiger partial charge in [-0.05, 0) is 6.92 Å². The molecule has 0 aromatic heterocycles. The van der Waals surface area contributed by atoms with E-state index in [1.54, 1.807) is 0 Å². The first kappa shape index (κ1) is 74.4. The maximum absolute atomic E-state index is 13.3. The molecule has 7 aliphatic heterocycles. The fourth-order valence-corrected chi connectivity index (χ4v) is 11.3. The van der Waals surface area contributed by atoms with Gasteiger partial charge in [-0.2, -0.15) is 0 Å². The van der Waals surface area contributed by atoms with Gasteiger partial charge in [0.1, 0.15) is 165 Å². The highest BCUT2D eigenvalue weighted by Crippen LogP contribution is 2.39. The van der Waals surface area contributed by atoms with Crippen LogP contribution in [0.1, 0.15) is 20.8 Å². The van der Waals surface area contributed by atoms with Gasteiger partial charge in [0.25, 0.3) is 0 Å². The molecule has 522 valence electrons. The van der Waals surface area contributed by atoms with Crippen molar-refractivity contribution >= 4 is 18.2 Å². The van der Waals surface area contributed by atoms with Crippen molar-refractivity contribution in [2.75, 3.05) is 52.9 Å². The summed E-state index contributed by atoms with van der Waals surface area (Å²) in [5, 5.41) is 225. The number of ether oxygens (including phenoxy) is 14. The third kappa shape index (κ3) is 16.5. The zero-order valence-electron chi connectivity index (χ0n) is 48.4. The molecule has 40 nitrogen and oxygen atoms in total. The van der Waals surface area contributed by atoms with Gasteiger partial charge in [-0.3, -0.25) is 14.4 Å². The van der Waals surface area contributed by atoms with Crippen LogP contribution in [0.2, 0.25) is 0 Å². The second kappa shape index (κ2) is 33.1. The molecule has 36 atom stereocenters. The molecular weight excluding hydrogens is 1230 g/mol. The molecule has 0 aliphatic carbocycles. The largest absolute Gasteiger partial charge is 0.394 e. The number of amides is 3. The molecule has 0 bridgehead atoms. The van der Waals surface area contributed by atoms with Crippen molar-refractivity contribution in [3.63, 3.8) is 0 Å². The lowest BCUT2D eigenvalue weighted by atomic mass is 9.93. The predicted molar refractivity (Wildman–Crippen MR) is 277 cm³/mol. The summed E-state index contributed by atoms with van der Waals surface area (Å²) in [5.74, 6) is -1.84. The topological polar surface area (TPSA) is 621 Å². The van der Waals surface area contributed by atoms with E-state index in [-0.39, 0.29) is 6.41 Å². The Kier molecular flexibility index (Phi) is 27.4. The maximum atomic E-state index is 13.3. The molecule has 40 heteroatoms. The second-order valence-corrected chi connectivity index (χ2v) is 22.5. The van der Waals surface area contributed by atoms with Crippen molar-refractivity contribution in [1.29, 1.82) is 0 Å². The fourth-order valence-electron chi connectivity index (χ4n) is 11.3. The van der Waals surface area contributed by atoms with Crippen LogP contribution in [0.5, 0.6) is 0 Å². The number of carbonyl (C=O) groups excluding carboxylic acids is 3. The Morgan fingerprint density at radius 2 is 0.722 bits per heavy atom. The molecule has 7 fully saturated rings. The number of hydrogen-bond acceptors (Lipinski definition) is 37. The summed E-state index contributed by atoms with van der Waals surface area (Å²) >= 11 is 0. The van der Waals surface area contributed by atoms with Gasteiger partial charge in [0.15, 0.2) is 44.0 Å². The fraction of sp³-hybridized carbons (Fsp3) is 0.940. The standard InChI is InChI=1S/C50H85N3O37/c1-13-25(64)30(69)33(72)47(78-13)88-41-24(53-15(3)63)45(90-42-28(67)19(7-57)81-49(36(42)75)85-38-21(9-59)84-46(35(74)32(38)71)77-11-16(4-54)51-12-61)83-22(10-60)39(41)86-50-37(76)43(29(68)20(8-58)82-50)89-44-23(52-14(2)62)40(27(66)18(6-56)79-44)87-48-34(73)31(70)26(65)17(5-55)80-48/h12-13,16-50,54-60,64-76H,4-11H2,1-3H3,(H,51,61)(H,52,62)(H,53,63)/t13-,16+,17+,18+,19+,20+,21+,22+,23+,24+,25+,26-,27+,28-,29-,30+,31-,32+,33-,34+,35+,36+,37+,38+,39+,40+,41+,42-,43-,44-,45-,46+,47-,48-,49-,50-/m0/s1. The first-order chi connectivity index (χ1) is 42.7. The van der Waals surface area contributed by atoms with Gasteiger partial charge in [0.2, 0.25) is 18.2 Å². The molecule has 0 spiro atoms. The third-order valence-corrected chi connectivity index (χ3v) is 16.3. The van der Waals surface area contributed by atoms with Gasteiger partial charge >= 0.3 is 0 Å². The molecule has 0 aromatic rings. The van der Waals surface area contributed by atoms with Crippen LogP contribution < -0.4 is 16.0 Å². The van der Waals surface area contributed by atoms with Crippen LogP contribution in [0.15, 0.2) is 0 Å². The minimum atomic E-state index is -2.36. The van der Waals surface area contributed by atoms with E-state index in [1.165, 1.54) is 6.92 Å². The molecule has 90 heavy (non-hydrogen) atoms. The van der Waals surface area contributed by atoms with E-state index < -0.39 is 286 Å². The molecule has 0 unspecified atom stereocenters. The highest BCUT2D eigenvalue weighted by molar-refractivity contribution is 5.73. The summed E-state index contributed by atoms with van der Waals surface area (Å²) in [7, 11) is 0. The molecule has 7 saturated heterocycles. The zero-order chi connectivity index (χ0) is 66.3. The Labute approximate surface area is 510 Å². The second-order valence-electron chi connectivity index (χ2n) is 22.5. The van der Waals surface area contributed by atoms with Crippen molar-refractivity contribution in [3.8, 4) is 0 Å². The monoisotopic (exact) mass is 1320 g/mol. The van der Waals surface area contributed by atoms with Gasteiger partial charge in [0.05, 0.1) is 65.0 Å². The van der Waals surface area contributed by atoms with Crippen LogP contribution >= 0.6 is 0 Å². The lowest BCUT2D eigenvalue weighted by Crippen LogP contribution is -2.72. The van der Waals surface area contributed by atoms with Crippen LogP contribution in [-0.4, -0.2) is 394 Å². The van der Waals surface area contributed by atoms with Gasteiger partial charge in [-0.15, -0.1) is 0 Å².